The van der Waals surface area contributed by atoms with Gasteiger partial charge >= 0.3 is 0 Å². The van der Waals surface area contributed by atoms with Gasteiger partial charge in [0.1, 0.15) is 10.7 Å². The van der Waals surface area contributed by atoms with Crippen molar-refractivity contribution in [1.29, 1.82) is 0 Å². The molecule has 0 unspecified atom stereocenters. The molecule has 0 aliphatic heterocycles. The summed E-state index contributed by atoms with van der Waals surface area (Å²) >= 11 is 6.38. The molecule has 1 N–H and O–H groups in total. The highest BCUT2D eigenvalue weighted by molar-refractivity contribution is 9.10. The maximum absolute atomic E-state index is 12.1. The van der Waals surface area contributed by atoms with Gasteiger partial charge < -0.3 is 10.2 Å². The number of rotatable bonds is 6. The van der Waals surface area contributed by atoms with Crippen molar-refractivity contribution in [1.82, 2.24) is 15.2 Å². The van der Waals surface area contributed by atoms with Gasteiger partial charge in [-0.15, -0.1) is 22.7 Å². The third kappa shape index (κ3) is 4.15. The number of nitrogens with one attached hydrogen (secondary N) is 1. The van der Waals surface area contributed by atoms with Gasteiger partial charge in [0.2, 0.25) is 5.91 Å². The predicted octanol–water partition coefficient (Wildman–Crippen LogP) is 3.23. The van der Waals surface area contributed by atoms with Crippen LogP contribution >= 0.6 is 38.6 Å². The molecule has 118 valence electrons. The minimum Gasteiger partial charge on any atom is -0.342 e. The van der Waals surface area contributed by atoms with E-state index < -0.39 is 0 Å². The van der Waals surface area contributed by atoms with E-state index in [9.17, 15) is 9.59 Å². The van der Waals surface area contributed by atoms with Gasteiger partial charge in [-0.25, -0.2) is 4.98 Å². The zero-order valence-corrected chi connectivity index (χ0v) is 15.5. The van der Waals surface area contributed by atoms with E-state index in [0.29, 0.717) is 18.8 Å². The van der Waals surface area contributed by atoms with E-state index in [1.807, 2.05) is 25.3 Å². The molecule has 0 fully saturated rings. The molecule has 0 saturated heterocycles. The van der Waals surface area contributed by atoms with E-state index in [0.717, 1.165) is 14.4 Å². The van der Waals surface area contributed by atoms with Crippen LogP contribution in [0.2, 0.25) is 0 Å². The Labute approximate surface area is 145 Å². The molecular weight excluding hydrogens is 386 g/mol. The Kier molecular flexibility index (Phi) is 6.10. The van der Waals surface area contributed by atoms with Crippen LogP contribution in [-0.2, 0) is 4.79 Å². The molecule has 0 spiro atoms. The lowest BCUT2D eigenvalue weighted by molar-refractivity contribution is -0.129. The van der Waals surface area contributed by atoms with Crippen LogP contribution in [0.1, 0.15) is 24.3 Å². The van der Waals surface area contributed by atoms with Crippen molar-refractivity contribution in [3.63, 3.8) is 0 Å². The summed E-state index contributed by atoms with van der Waals surface area (Å²) in [4.78, 5) is 30.9. The maximum Gasteiger partial charge on any atom is 0.271 e. The highest BCUT2D eigenvalue weighted by Crippen LogP contribution is 2.31. The first kappa shape index (κ1) is 17.1. The van der Waals surface area contributed by atoms with Crippen molar-refractivity contribution in [3.05, 3.63) is 27.0 Å². The van der Waals surface area contributed by atoms with Crippen molar-refractivity contribution in [2.75, 3.05) is 19.6 Å². The Morgan fingerprint density at radius 1 is 1.27 bits per heavy atom. The molecule has 2 aromatic rings. The van der Waals surface area contributed by atoms with Crippen molar-refractivity contribution in [3.8, 4) is 9.88 Å². The molecular formula is C14H16BrN3O2S2. The minimum atomic E-state index is -0.321. The van der Waals surface area contributed by atoms with E-state index in [1.165, 1.54) is 11.3 Å². The van der Waals surface area contributed by atoms with Gasteiger partial charge in [0.15, 0.2) is 0 Å². The number of hydrogen-bond donors (Lipinski definition) is 1. The molecule has 5 nitrogen and oxygen atoms in total. The van der Waals surface area contributed by atoms with Gasteiger partial charge in [0.25, 0.3) is 5.91 Å². The van der Waals surface area contributed by atoms with Gasteiger partial charge in [-0.1, -0.05) is 0 Å². The second-order valence-electron chi connectivity index (χ2n) is 4.42. The topological polar surface area (TPSA) is 62.3 Å². The van der Waals surface area contributed by atoms with E-state index in [-0.39, 0.29) is 18.4 Å². The van der Waals surface area contributed by atoms with E-state index >= 15 is 0 Å². The fourth-order valence-corrected chi connectivity index (χ4v) is 4.16. The molecule has 0 aliphatic carbocycles. The number of thiazole rings is 1. The third-order valence-electron chi connectivity index (χ3n) is 3.03. The molecule has 0 atom stereocenters. The molecule has 0 bridgehead atoms. The molecule has 2 aromatic heterocycles. The molecule has 0 saturated carbocycles. The Morgan fingerprint density at radius 2 is 2.00 bits per heavy atom. The normalized spacial score (nSPS) is 10.5. The maximum atomic E-state index is 12.1. The summed E-state index contributed by atoms with van der Waals surface area (Å²) in [5, 5.41) is 7.11. The number of aromatic nitrogens is 1. The summed E-state index contributed by atoms with van der Waals surface area (Å²) in [6.45, 7) is 5.10. The number of carbonyl (C=O) groups excluding carboxylic acids is 2. The number of carbonyl (C=O) groups is 2. The van der Waals surface area contributed by atoms with Gasteiger partial charge in [-0.05, 0) is 35.8 Å². The molecule has 0 aliphatic rings. The largest absolute Gasteiger partial charge is 0.342 e. The lowest BCUT2D eigenvalue weighted by atomic mass is 10.4. The van der Waals surface area contributed by atoms with Crippen molar-refractivity contribution in [2.24, 2.45) is 0 Å². The fourth-order valence-electron chi connectivity index (χ4n) is 1.85. The van der Waals surface area contributed by atoms with Crippen LogP contribution < -0.4 is 5.32 Å². The van der Waals surface area contributed by atoms with Gasteiger partial charge in [-0.2, -0.15) is 0 Å². The molecule has 22 heavy (non-hydrogen) atoms. The predicted molar refractivity (Wildman–Crippen MR) is 93.4 cm³/mol. The van der Waals surface area contributed by atoms with E-state index in [2.05, 4.69) is 26.2 Å². The summed E-state index contributed by atoms with van der Waals surface area (Å²) in [5.74, 6) is -0.408. The molecule has 0 radical (unpaired) electrons. The highest BCUT2D eigenvalue weighted by Gasteiger charge is 2.15. The fraction of sp³-hybridized carbons (Fsp3) is 0.357. The summed E-state index contributed by atoms with van der Waals surface area (Å²) in [6, 6.07) is 1.97. The third-order valence-corrected chi connectivity index (χ3v) is 5.73. The smallest absolute Gasteiger partial charge is 0.271 e. The number of likely N-dealkylation sites (N-methyl/N-ethyl adjacent to an activating group) is 1. The first-order valence-corrected chi connectivity index (χ1v) is 9.36. The van der Waals surface area contributed by atoms with Crippen molar-refractivity contribution < 1.29 is 9.59 Å². The monoisotopic (exact) mass is 401 g/mol. The summed E-state index contributed by atoms with van der Waals surface area (Å²) in [6.07, 6.45) is 0. The molecule has 2 amide bonds. The SMILES string of the molecule is CCN(CC)C(=O)CNC(=O)c1csc(-c2cc(Br)cs2)n1. The molecule has 2 heterocycles. The second-order valence-corrected chi connectivity index (χ2v) is 7.10. The molecule has 0 aromatic carbocycles. The van der Waals surface area contributed by atoms with Crippen LogP contribution in [-0.4, -0.2) is 41.3 Å². The number of halogens is 1. The van der Waals surface area contributed by atoms with Crippen LogP contribution in [0, 0.1) is 0 Å². The standard InChI is InChI=1S/C14H16BrN3O2S2/c1-3-18(4-2)12(19)6-16-13(20)10-8-22-14(17-10)11-5-9(15)7-21-11/h5,7-8H,3-4,6H2,1-2H3,(H,16,20). The van der Waals surface area contributed by atoms with Crippen LogP contribution in [0.3, 0.4) is 0 Å². The van der Waals surface area contributed by atoms with Gasteiger partial charge in [0.05, 0.1) is 11.4 Å². The Balaban J connectivity index is 1.96. The lowest BCUT2D eigenvalue weighted by Gasteiger charge is -2.18. The summed E-state index contributed by atoms with van der Waals surface area (Å²) in [5.41, 5.74) is 0.344. The quantitative estimate of drug-likeness (QED) is 0.807. The Hall–Kier alpha value is -1.25. The van der Waals surface area contributed by atoms with E-state index in [1.54, 1.807) is 21.6 Å². The summed E-state index contributed by atoms with van der Waals surface area (Å²) in [7, 11) is 0. The van der Waals surface area contributed by atoms with Crippen LogP contribution in [0.15, 0.2) is 21.3 Å². The average molecular weight is 402 g/mol. The van der Waals surface area contributed by atoms with Crippen molar-refractivity contribution >= 4 is 50.4 Å². The Bertz CT molecular complexity index is 665. The first-order valence-electron chi connectivity index (χ1n) is 6.81. The number of hydrogen-bond acceptors (Lipinski definition) is 5. The van der Waals surface area contributed by atoms with Crippen molar-refractivity contribution in [2.45, 2.75) is 13.8 Å². The number of amides is 2. The van der Waals surface area contributed by atoms with E-state index in [4.69, 9.17) is 0 Å². The average Bonchev–Trinajstić information content (AvgIpc) is 3.14. The van der Waals surface area contributed by atoms with Crippen LogP contribution in [0.25, 0.3) is 9.88 Å². The second kappa shape index (κ2) is 7.85. The molecule has 8 heteroatoms. The van der Waals surface area contributed by atoms with Crippen LogP contribution in [0.4, 0.5) is 0 Å². The Morgan fingerprint density at radius 3 is 2.59 bits per heavy atom. The number of thiophene rings is 1. The van der Waals surface area contributed by atoms with Crippen LogP contribution in [0.5, 0.6) is 0 Å². The number of nitrogens with zero attached hydrogens (tertiary/aromatic N) is 2. The molecule has 2 rings (SSSR count). The summed E-state index contributed by atoms with van der Waals surface area (Å²) < 4.78 is 0.999. The zero-order valence-electron chi connectivity index (χ0n) is 12.3. The van der Waals surface area contributed by atoms with Gasteiger partial charge in [0, 0.05) is 28.3 Å². The lowest BCUT2D eigenvalue weighted by Crippen LogP contribution is -2.40. The van der Waals surface area contributed by atoms with Gasteiger partial charge in [-0.3, -0.25) is 9.59 Å². The first-order chi connectivity index (χ1) is 10.5. The minimum absolute atomic E-state index is 0.00206. The zero-order chi connectivity index (χ0) is 16.1. The highest BCUT2D eigenvalue weighted by atomic mass is 79.9.